The van der Waals surface area contributed by atoms with Crippen LogP contribution in [0.4, 0.5) is 15.0 Å². The summed E-state index contributed by atoms with van der Waals surface area (Å²) in [6.07, 6.45) is 4.51. The summed E-state index contributed by atoms with van der Waals surface area (Å²) in [5, 5.41) is 9.14. The van der Waals surface area contributed by atoms with Crippen LogP contribution >= 0.6 is 0 Å². The van der Waals surface area contributed by atoms with Crippen molar-refractivity contribution in [3.8, 4) is 5.75 Å². The first-order chi connectivity index (χ1) is 16.2. The fraction of sp³-hybridized carbons (Fsp3) is 0.360. The molecule has 34 heavy (non-hydrogen) atoms. The SMILES string of the molecule is C=C(OCC)c1cnc(N(Cc2c(F)ccc3c2CCO3)C(=O)OC(C)(C)C)c2cnncc12. The molecule has 1 aliphatic heterocycles. The van der Waals surface area contributed by atoms with Crippen LogP contribution in [0.25, 0.3) is 16.5 Å². The lowest BCUT2D eigenvalue weighted by Crippen LogP contribution is -2.37. The van der Waals surface area contributed by atoms with E-state index in [1.165, 1.54) is 17.2 Å². The molecule has 1 aromatic carbocycles. The third kappa shape index (κ3) is 4.64. The maximum Gasteiger partial charge on any atom is 0.416 e. The molecule has 0 saturated heterocycles. The van der Waals surface area contributed by atoms with Crippen LogP contribution in [0.5, 0.6) is 5.75 Å². The van der Waals surface area contributed by atoms with Crippen molar-refractivity contribution in [2.45, 2.75) is 46.3 Å². The highest BCUT2D eigenvalue weighted by atomic mass is 19.1. The first kappa shape index (κ1) is 23.4. The minimum absolute atomic E-state index is 0.0938. The second kappa shape index (κ2) is 9.24. The number of rotatable bonds is 6. The van der Waals surface area contributed by atoms with Crippen molar-refractivity contribution in [2.75, 3.05) is 18.1 Å². The number of ether oxygens (including phenoxy) is 3. The van der Waals surface area contributed by atoms with Gasteiger partial charge in [0.2, 0.25) is 0 Å². The minimum Gasteiger partial charge on any atom is -0.494 e. The Balaban J connectivity index is 1.86. The van der Waals surface area contributed by atoms with E-state index in [1.54, 1.807) is 39.2 Å². The first-order valence-electron chi connectivity index (χ1n) is 11.0. The van der Waals surface area contributed by atoms with E-state index in [2.05, 4.69) is 21.8 Å². The fourth-order valence-corrected chi connectivity index (χ4v) is 3.86. The molecule has 2 aromatic heterocycles. The molecule has 0 unspecified atom stereocenters. The van der Waals surface area contributed by atoms with Crippen LogP contribution < -0.4 is 9.64 Å². The summed E-state index contributed by atoms with van der Waals surface area (Å²) in [6, 6.07) is 2.95. The molecule has 0 atom stereocenters. The van der Waals surface area contributed by atoms with Gasteiger partial charge in [-0.3, -0.25) is 4.90 Å². The molecule has 3 heterocycles. The van der Waals surface area contributed by atoms with E-state index in [4.69, 9.17) is 14.2 Å². The summed E-state index contributed by atoms with van der Waals surface area (Å²) in [5.41, 5.74) is 0.952. The van der Waals surface area contributed by atoms with Crippen LogP contribution in [0.1, 0.15) is 44.4 Å². The molecule has 3 aromatic rings. The number of halogens is 1. The van der Waals surface area contributed by atoms with Gasteiger partial charge < -0.3 is 14.2 Å². The monoisotopic (exact) mass is 466 g/mol. The largest absolute Gasteiger partial charge is 0.494 e. The van der Waals surface area contributed by atoms with E-state index in [1.807, 2.05) is 6.92 Å². The standard InChI is InChI=1S/C25H27FN4O4/c1-6-32-15(2)17-11-27-23(19-13-29-28-12-18(17)19)30(24(31)34-25(3,4)5)14-20-16-9-10-33-22(16)8-7-21(20)26/h7-8,11-13H,2,6,9-10,14H2,1,3-5H3. The van der Waals surface area contributed by atoms with Gasteiger partial charge in [0.05, 0.1) is 32.2 Å². The Hall–Kier alpha value is -3.75. The number of carbonyl (C=O) groups excluding carboxylic acids is 1. The van der Waals surface area contributed by atoms with Crippen molar-refractivity contribution in [3.63, 3.8) is 0 Å². The highest BCUT2D eigenvalue weighted by molar-refractivity contribution is 6.02. The van der Waals surface area contributed by atoms with Crippen LogP contribution in [0.2, 0.25) is 0 Å². The number of benzene rings is 1. The number of nitrogens with zero attached hydrogens (tertiary/aromatic N) is 4. The maximum atomic E-state index is 15.0. The van der Waals surface area contributed by atoms with E-state index >= 15 is 0 Å². The summed E-state index contributed by atoms with van der Waals surface area (Å²) in [7, 11) is 0. The minimum atomic E-state index is -0.769. The van der Waals surface area contributed by atoms with Crippen molar-refractivity contribution in [3.05, 3.63) is 59.8 Å². The summed E-state index contributed by atoms with van der Waals surface area (Å²) in [6.45, 7) is 11.9. The predicted octanol–water partition coefficient (Wildman–Crippen LogP) is 5.05. The topological polar surface area (TPSA) is 86.7 Å². The van der Waals surface area contributed by atoms with Crippen molar-refractivity contribution in [2.24, 2.45) is 0 Å². The Morgan fingerprint density at radius 2 is 1.94 bits per heavy atom. The van der Waals surface area contributed by atoms with E-state index < -0.39 is 17.5 Å². The molecular formula is C25H27FN4O4. The number of hydrogen-bond acceptors (Lipinski definition) is 7. The zero-order chi connectivity index (χ0) is 24.5. The zero-order valence-electron chi connectivity index (χ0n) is 19.7. The number of aromatic nitrogens is 3. The molecule has 1 amide bonds. The van der Waals surface area contributed by atoms with Gasteiger partial charge in [-0.1, -0.05) is 6.58 Å². The average Bonchev–Trinajstić information content (AvgIpc) is 3.26. The predicted molar refractivity (Wildman–Crippen MR) is 126 cm³/mol. The van der Waals surface area contributed by atoms with Gasteiger partial charge in [0.1, 0.15) is 28.7 Å². The van der Waals surface area contributed by atoms with Crippen LogP contribution in [0.15, 0.2) is 37.3 Å². The first-order valence-corrected chi connectivity index (χ1v) is 11.0. The van der Waals surface area contributed by atoms with Crippen molar-refractivity contribution in [1.82, 2.24) is 15.2 Å². The van der Waals surface area contributed by atoms with E-state index in [0.717, 1.165) is 5.56 Å². The highest BCUT2D eigenvalue weighted by Crippen LogP contribution is 2.35. The van der Waals surface area contributed by atoms with Crippen LogP contribution in [-0.4, -0.2) is 40.1 Å². The molecule has 8 nitrogen and oxygen atoms in total. The molecule has 0 radical (unpaired) electrons. The van der Waals surface area contributed by atoms with Crippen molar-refractivity contribution < 1.29 is 23.4 Å². The highest BCUT2D eigenvalue weighted by Gasteiger charge is 2.30. The van der Waals surface area contributed by atoms with E-state index in [9.17, 15) is 9.18 Å². The molecule has 0 saturated carbocycles. The summed E-state index contributed by atoms with van der Waals surface area (Å²) >= 11 is 0. The second-order valence-electron chi connectivity index (χ2n) is 8.84. The van der Waals surface area contributed by atoms with Gasteiger partial charge in [-0.15, -0.1) is 0 Å². The van der Waals surface area contributed by atoms with Gasteiger partial charge >= 0.3 is 6.09 Å². The van der Waals surface area contributed by atoms with E-state index in [-0.39, 0.29) is 12.4 Å². The Kier molecular flexibility index (Phi) is 6.37. The molecule has 0 spiro atoms. The fourth-order valence-electron chi connectivity index (χ4n) is 3.86. The van der Waals surface area contributed by atoms with Crippen LogP contribution in [0, 0.1) is 5.82 Å². The third-order valence-electron chi connectivity index (χ3n) is 5.32. The van der Waals surface area contributed by atoms with E-state index in [0.29, 0.717) is 53.0 Å². The number of anilines is 1. The number of amides is 1. The Bertz CT molecular complexity index is 1260. The smallest absolute Gasteiger partial charge is 0.416 e. The van der Waals surface area contributed by atoms with Gasteiger partial charge in [-0.2, -0.15) is 10.2 Å². The zero-order valence-corrected chi connectivity index (χ0v) is 19.7. The summed E-state index contributed by atoms with van der Waals surface area (Å²) in [5.74, 6) is 0.881. The average molecular weight is 467 g/mol. The number of fused-ring (bicyclic) bond motifs is 2. The Labute approximate surface area is 197 Å². The summed E-state index contributed by atoms with van der Waals surface area (Å²) < 4.78 is 31.8. The van der Waals surface area contributed by atoms with Crippen LogP contribution in [0.3, 0.4) is 0 Å². The Morgan fingerprint density at radius 3 is 2.65 bits per heavy atom. The Morgan fingerprint density at radius 1 is 1.21 bits per heavy atom. The van der Waals surface area contributed by atoms with Crippen molar-refractivity contribution in [1.29, 1.82) is 0 Å². The van der Waals surface area contributed by atoms with Gasteiger partial charge in [0.25, 0.3) is 0 Å². The maximum absolute atomic E-state index is 15.0. The normalized spacial score (nSPS) is 12.7. The lowest BCUT2D eigenvalue weighted by Gasteiger charge is -2.28. The molecule has 178 valence electrons. The third-order valence-corrected chi connectivity index (χ3v) is 5.32. The van der Waals surface area contributed by atoms with Gasteiger partial charge in [-0.05, 0) is 39.8 Å². The molecule has 0 N–H and O–H groups in total. The molecular weight excluding hydrogens is 439 g/mol. The molecule has 9 heteroatoms. The second-order valence-corrected chi connectivity index (χ2v) is 8.84. The molecule has 1 aliphatic rings. The van der Waals surface area contributed by atoms with Crippen molar-refractivity contribution >= 4 is 28.4 Å². The molecule has 4 rings (SSSR count). The molecule has 0 bridgehead atoms. The lowest BCUT2D eigenvalue weighted by molar-refractivity contribution is 0.0576. The van der Waals surface area contributed by atoms with Gasteiger partial charge in [0, 0.05) is 40.1 Å². The van der Waals surface area contributed by atoms with Gasteiger partial charge in [0.15, 0.2) is 0 Å². The number of pyridine rings is 1. The number of carbonyl (C=O) groups is 1. The lowest BCUT2D eigenvalue weighted by atomic mass is 10.0. The van der Waals surface area contributed by atoms with Crippen LogP contribution in [-0.2, 0) is 22.4 Å². The molecule has 0 aliphatic carbocycles. The quantitative estimate of drug-likeness (QED) is 0.470. The summed E-state index contributed by atoms with van der Waals surface area (Å²) in [4.78, 5) is 19.2. The molecule has 0 fully saturated rings. The van der Waals surface area contributed by atoms with Gasteiger partial charge in [-0.25, -0.2) is 14.2 Å². The number of hydrogen-bond donors (Lipinski definition) is 0.